The third-order valence-electron chi connectivity index (χ3n) is 3.56. The largest absolute Gasteiger partial charge is 0.497 e. The van der Waals surface area contributed by atoms with Crippen molar-refractivity contribution in [2.75, 3.05) is 46.6 Å². The van der Waals surface area contributed by atoms with E-state index in [4.69, 9.17) is 9.47 Å². The molecule has 0 unspecified atom stereocenters. The van der Waals surface area contributed by atoms with Crippen molar-refractivity contribution in [3.63, 3.8) is 0 Å². The van der Waals surface area contributed by atoms with Gasteiger partial charge in [-0.25, -0.2) is 4.99 Å². The summed E-state index contributed by atoms with van der Waals surface area (Å²) in [5.41, 5.74) is 1.02. The van der Waals surface area contributed by atoms with Crippen molar-refractivity contribution in [1.82, 2.24) is 10.6 Å². The molecule has 0 aliphatic heterocycles. The van der Waals surface area contributed by atoms with Gasteiger partial charge in [0.2, 0.25) is 0 Å². The van der Waals surface area contributed by atoms with Crippen LogP contribution in [0.3, 0.4) is 0 Å². The molecule has 0 atom stereocenters. The lowest BCUT2D eigenvalue weighted by atomic mass is 10.2. The van der Waals surface area contributed by atoms with Gasteiger partial charge >= 0.3 is 6.18 Å². The van der Waals surface area contributed by atoms with Gasteiger partial charge in [-0.3, -0.25) is 0 Å². The Kier molecular flexibility index (Phi) is 12.1. The molecule has 0 fully saturated rings. The number of rotatable bonds is 13. The summed E-state index contributed by atoms with van der Waals surface area (Å²) >= 11 is 0. The lowest BCUT2D eigenvalue weighted by Crippen LogP contribution is -2.39. The highest BCUT2D eigenvalue weighted by Crippen LogP contribution is 2.14. The number of nitrogens with one attached hydrogen (secondary N) is 2. The highest BCUT2D eigenvalue weighted by molar-refractivity contribution is 5.79. The Balaban J connectivity index is 2.43. The number of nitrogens with zero attached hydrogens (tertiary/aromatic N) is 1. The average molecular weight is 405 g/mol. The summed E-state index contributed by atoms with van der Waals surface area (Å²) in [6.45, 7) is 3.68. The summed E-state index contributed by atoms with van der Waals surface area (Å²) in [4.78, 5) is 4.52. The summed E-state index contributed by atoms with van der Waals surface area (Å²) in [5.74, 6) is 1.38. The number of ether oxygens (including phenoxy) is 3. The van der Waals surface area contributed by atoms with E-state index in [0.717, 1.165) is 17.7 Å². The van der Waals surface area contributed by atoms with Crippen molar-refractivity contribution >= 4 is 5.96 Å². The molecule has 9 heteroatoms. The van der Waals surface area contributed by atoms with E-state index in [1.165, 1.54) is 0 Å². The maximum absolute atomic E-state index is 12.0. The molecule has 0 aliphatic carbocycles. The fraction of sp³-hybridized carbons (Fsp3) is 0.632. The van der Waals surface area contributed by atoms with Gasteiger partial charge in [-0.15, -0.1) is 0 Å². The number of halogens is 3. The Morgan fingerprint density at radius 2 is 1.61 bits per heavy atom. The van der Waals surface area contributed by atoms with Crippen molar-refractivity contribution in [2.24, 2.45) is 4.99 Å². The van der Waals surface area contributed by atoms with E-state index >= 15 is 0 Å². The SMILES string of the molecule is CCOCCCNC(=NCc1ccc(OC)cc1)NCCCOCC(F)(F)F. The van der Waals surface area contributed by atoms with Crippen LogP contribution in [0.15, 0.2) is 29.3 Å². The van der Waals surface area contributed by atoms with Crippen LogP contribution in [0.5, 0.6) is 5.75 Å². The molecule has 1 aromatic carbocycles. The molecule has 1 rings (SSSR count). The van der Waals surface area contributed by atoms with Crippen LogP contribution < -0.4 is 15.4 Å². The minimum absolute atomic E-state index is 0.0304. The molecule has 0 amide bonds. The Bertz CT molecular complexity index is 552. The number of aliphatic imine (C=N–C) groups is 1. The van der Waals surface area contributed by atoms with Crippen LogP contribution in [0.4, 0.5) is 13.2 Å². The maximum atomic E-state index is 12.0. The van der Waals surface area contributed by atoms with Crippen LogP contribution in [0.25, 0.3) is 0 Å². The van der Waals surface area contributed by atoms with Crippen LogP contribution >= 0.6 is 0 Å². The molecular weight excluding hydrogens is 375 g/mol. The second-order valence-corrected chi connectivity index (χ2v) is 5.94. The van der Waals surface area contributed by atoms with Gasteiger partial charge in [0.15, 0.2) is 5.96 Å². The van der Waals surface area contributed by atoms with Crippen LogP contribution in [0.1, 0.15) is 25.3 Å². The smallest absolute Gasteiger partial charge is 0.411 e. The lowest BCUT2D eigenvalue weighted by molar-refractivity contribution is -0.173. The van der Waals surface area contributed by atoms with Crippen molar-refractivity contribution in [1.29, 1.82) is 0 Å². The van der Waals surface area contributed by atoms with Crippen LogP contribution in [-0.4, -0.2) is 58.8 Å². The quantitative estimate of drug-likeness (QED) is 0.300. The van der Waals surface area contributed by atoms with Gasteiger partial charge in [-0.1, -0.05) is 12.1 Å². The molecule has 28 heavy (non-hydrogen) atoms. The predicted molar refractivity (Wildman–Crippen MR) is 103 cm³/mol. The summed E-state index contributed by atoms with van der Waals surface area (Å²) in [6, 6.07) is 7.59. The summed E-state index contributed by atoms with van der Waals surface area (Å²) < 4.78 is 51.2. The zero-order valence-corrected chi connectivity index (χ0v) is 16.5. The van der Waals surface area contributed by atoms with Crippen LogP contribution in [-0.2, 0) is 16.0 Å². The third kappa shape index (κ3) is 12.4. The Morgan fingerprint density at radius 1 is 1.00 bits per heavy atom. The molecule has 0 bridgehead atoms. The maximum Gasteiger partial charge on any atom is 0.411 e. The molecule has 0 spiro atoms. The average Bonchev–Trinajstić information content (AvgIpc) is 2.67. The number of hydrogen-bond acceptors (Lipinski definition) is 4. The molecule has 0 heterocycles. The summed E-state index contributed by atoms with van der Waals surface area (Å²) in [5, 5.41) is 6.31. The molecule has 0 saturated carbocycles. The van der Waals surface area contributed by atoms with E-state index in [-0.39, 0.29) is 6.61 Å². The van der Waals surface area contributed by atoms with E-state index in [1.807, 2.05) is 31.2 Å². The van der Waals surface area contributed by atoms with Gasteiger partial charge in [-0.2, -0.15) is 13.2 Å². The molecule has 0 saturated heterocycles. The predicted octanol–water partition coefficient (Wildman–Crippen LogP) is 3.13. The number of methoxy groups -OCH3 is 1. The van der Waals surface area contributed by atoms with Gasteiger partial charge < -0.3 is 24.8 Å². The normalized spacial score (nSPS) is 12.1. The number of alkyl halides is 3. The third-order valence-corrected chi connectivity index (χ3v) is 3.56. The topological polar surface area (TPSA) is 64.1 Å². The monoisotopic (exact) mass is 405 g/mol. The summed E-state index contributed by atoms with van der Waals surface area (Å²) in [7, 11) is 1.61. The minimum Gasteiger partial charge on any atom is -0.497 e. The fourth-order valence-electron chi connectivity index (χ4n) is 2.17. The highest BCUT2D eigenvalue weighted by Gasteiger charge is 2.27. The summed E-state index contributed by atoms with van der Waals surface area (Å²) in [6.07, 6.45) is -3.02. The van der Waals surface area contributed by atoms with Crippen molar-refractivity contribution in [3.8, 4) is 5.75 Å². The zero-order chi connectivity index (χ0) is 20.7. The molecule has 0 aromatic heterocycles. The molecule has 6 nitrogen and oxygen atoms in total. The molecule has 1 aromatic rings. The number of guanidine groups is 1. The van der Waals surface area contributed by atoms with Gasteiger partial charge in [0.1, 0.15) is 12.4 Å². The van der Waals surface area contributed by atoms with Gasteiger partial charge in [0.25, 0.3) is 0 Å². The molecule has 0 radical (unpaired) electrons. The number of benzene rings is 1. The van der Waals surface area contributed by atoms with Gasteiger partial charge in [0, 0.05) is 32.9 Å². The van der Waals surface area contributed by atoms with E-state index < -0.39 is 12.8 Å². The Hall–Kier alpha value is -2.00. The standard InChI is InChI=1S/C19H30F3N3O3/c1-3-27-12-4-10-23-18(24-11-5-13-28-15-19(20,21)22)25-14-16-6-8-17(26-2)9-7-16/h6-9H,3-5,10-15H2,1-2H3,(H2,23,24,25). The van der Waals surface area contributed by atoms with Crippen LogP contribution in [0.2, 0.25) is 0 Å². The molecule has 160 valence electrons. The highest BCUT2D eigenvalue weighted by atomic mass is 19.4. The van der Waals surface area contributed by atoms with E-state index in [0.29, 0.717) is 45.2 Å². The van der Waals surface area contributed by atoms with E-state index in [1.54, 1.807) is 7.11 Å². The zero-order valence-electron chi connectivity index (χ0n) is 16.5. The molecule has 2 N–H and O–H groups in total. The van der Waals surface area contributed by atoms with Crippen LogP contribution in [0, 0.1) is 0 Å². The molecule has 0 aliphatic rings. The second-order valence-electron chi connectivity index (χ2n) is 5.94. The van der Waals surface area contributed by atoms with Crippen molar-refractivity contribution < 1.29 is 27.4 Å². The first-order valence-corrected chi connectivity index (χ1v) is 9.32. The Labute approximate surface area is 164 Å². The van der Waals surface area contributed by atoms with Gasteiger partial charge in [-0.05, 0) is 37.5 Å². The lowest BCUT2D eigenvalue weighted by Gasteiger charge is -2.13. The van der Waals surface area contributed by atoms with Gasteiger partial charge in [0.05, 0.1) is 13.7 Å². The molecular formula is C19H30F3N3O3. The van der Waals surface area contributed by atoms with E-state index in [2.05, 4.69) is 20.4 Å². The fourth-order valence-corrected chi connectivity index (χ4v) is 2.17. The number of hydrogen-bond donors (Lipinski definition) is 2. The second kappa shape index (κ2) is 14.1. The first kappa shape index (κ1) is 24.0. The minimum atomic E-state index is -4.29. The van der Waals surface area contributed by atoms with E-state index in [9.17, 15) is 13.2 Å². The Morgan fingerprint density at radius 3 is 2.14 bits per heavy atom. The first-order chi connectivity index (χ1) is 13.4. The first-order valence-electron chi connectivity index (χ1n) is 9.32. The van der Waals surface area contributed by atoms with Crippen molar-refractivity contribution in [3.05, 3.63) is 29.8 Å². The van der Waals surface area contributed by atoms with Crippen molar-refractivity contribution in [2.45, 2.75) is 32.5 Å².